The van der Waals surface area contributed by atoms with Crippen LogP contribution in [0, 0.1) is 11.2 Å². The number of anilines is 1. The Hall–Kier alpha value is -3.66. The van der Waals surface area contributed by atoms with E-state index in [1.807, 2.05) is 0 Å². The summed E-state index contributed by atoms with van der Waals surface area (Å²) in [4.78, 5) is 40.7. The molecule has 11 heteroatoms. The number of urea groups is 1. The Morgan fingerprint density at radius 3 is 2.43 bits per heavy atom. The van der Waals surface area contributed by atoms with Crippen LogP contribution in [0.3, 0.4) is 0 Å². The molecule has 2 atom stereocenters. The fourth-order valence-electron chi connectivity index (χ4n) is 5.64. The van der Waals surface area contributed by atoms with Gasteiger partial charge in [0, 0.05) is 36.0 Å². The van der Waals surface area contributed by atoms with Crippen molar-refractivity contribution >= 4 is 46.8 Å². The Labute approximate surface area is 253 Å². The van der Waals surface area contributed by atoms with E-state index in [-0.39, 0.29) is 42.3 Å². The molecule has 0 fully saturated rings. The molecule has 0 saturated carbocycles. The zero-order chi connectivity index (χ0) is 30.8. The van der Waals surface area contributed by atoms with E-state index in [9.17, 15) is 24.6 Å². The Balaban J connectivity index is 1.87. The number of fused-ring (bicyclic) bond motifs is 1. The molecule has 1 aliphatic rings. The van der Waals surface area contributed by atoms with Gasteiger partial charge >= 0.3 is 12.0 Å². The molecule has 3 aromatic rings. The zero-order valence-corrected chi connectivity index (χ0v) is 24.9. The number of amides is 3. The van der Waals surface area contributed by atoms with Crippen LogP contribution in [0.5, 0.6) is 0 Å². The molecular formula is C31H32Cl2FN3O5. The van der Waals surface area contributed by atoms with Crippen molar-refractivity contribution in [3.05, 3.63) is 98.8 Å². The van der Waals surface area contributed by atoms with Crippen molar-refractivity contribution < 1.29 is 29.0 Å². The molecule has 0 bridgehead atoms. The SMILES string of the molecule is CCN(C(=O)NCc1ccc(C(=O)O)cc1)C(c1cccc(Cl)c1F)[C@@]1(CC(C)(C)CO)C(=O)Nc2cc(Cl)ccc21. The average Bonchev–Trinajstić information content (AvgIpc) is 3.21. The Kier molecular flexibility index (Phi) is 9.15. The van der Waals surface area contributed by atoms with Crippen molar-refractivity contribution in [1.29, 1.82) is 0 Å². The first-order chi connectivity index (χ1) is 19.8. The van der Waals surface area contributed by atoms with E-state index in [2.05, 4.69) is 10.6 Å². The molecule has 3 amide bonds. The smallest absolute Gasteiger partial charge is 0.335 e. The first-order valence-corrected chi connectivity index (χ1v) is 14.1. The highest BCUT2D eigenvalue weighted by Crippen LogP contribution is 2.55. The van der Waals surface area contributed by atoms with Crippen LogP contribution in [0.15, 0.2) is 60.7 Å². The van der Waals surface area contributed by atoms with Crippen LogP contribution in [-0.2, 0) is 16.8 Å². The van der Waals surface area contributed by atoms with Gasteiger partial charge < -0.3 is 25.7 Å². The highest BCUT2D eigenvalue weighted by molar-refractivity contribution is 6.31. The number of halogens is 3. The second-order valence-electron chi connectivity index (χ2n) is 11.1. The molecule has 42 heavy (non-hydrogen) atoms. The monoisotopic (exact) mass is 615 g/mol. The van der Waals surface area contributed by atoms with Crippen LogP contribution >= 0.6 is 23.2 Å². The van der Waals surface area contributed by atoms with E-state index in [4.69, 9.17) is 23.2 Å². The quantitative estimate of drug-likeness (QED) is 0.210. The van der Waals surface area contributed by atoms with E-state index < -0.39 is 40.6 Å². The van der Waals surface area contributed by atoms with Gasteiger partial charge in [-0.05, 0) is 60.2 Å². The van der Waals surface area contributed by atoms with Gasteiger partial charge in [-0.3, -0.25) is 4.79 Å². The number of hydrogen-bond acceptors (Lipinski definition) is 4. The van der Waals surface area contributed by atoms with Crippen LogP contribution in [-0.4, -0.2) is 46.2 Å². The maximum atomic E-state index is 15.9. The largest absolute Gasteiger partial charge is 0.478 e. The molecule has 0 radical (unpaired) electrons. The number of benzene rings is 3. The third-order valence-electron chi connectivity index (χ3n) is 7.60. The van der Waals surface area contributed by atoms with E-state index >= 15 is 4.39 Å². The zero-order valence-electron chi connectivity index (χ0n) is 23.4. The van der Waals surface area contributed by atoms with Gasteiger partial charge in [0.2, 0.25) is 5.91 Å². The Morgan fingerprint density at radius 1 is 1.12 bits per heavy atom. The second-order valence-corrected chi connectivity index (χ2v) is 12.0. The maximum Gasteiger partial charge on any atom is 0.335 e. The number of likely N-dealkylation sites (N-methyl/N-ethyl adjacent to an activating group) is 1. The van der Waals surface area contributed by atoms with Crippen LogP contribution < -0.4 is 10.6 Å². The average molecular weight is 617 g/mol. The number of nitrogens with zero attached hydrogens (tertiary/aromatic N) is 1. The number of carboxylic acids is 1. The minimum atomic E-state index is -1.55. The standard InChI is InChI=1S/C31H32Cl2FN3O5/c1-4-37(29(42)35-15-18-8-10-19(11-9-18)27(39)40)26(21-6-5-7-23(33)25(21)34)31(16-30(2,3)17-38)22-13-12-20(32)14-24(22)36-28(31)41/h5-14,26,38H,4,15-17H2,1-3H3,(H,35,42)(H,36,41)(H,39,40)/t26?,31-/m0/s1. The van der Waals surface area contributed by atoms with Gasteiger partial charge in [-0.1, -0.05) is 67.4 Å². The van der Waals surface area contributed by atoms with Crippen molar-refractivity contribution in [2.45, 2.75) is 45.2 Å². The molecule has 0 spiro atoms. The molecule has 222 valence electrons. The summed E-state index contributed by atoms with van der Waals surface area (Å²) in [6, 6.07) is 13.6. The molecule has 8 nitrogen and oxygen atoms in total. The van der Waals surface area contributed by atoms with E-state index in [1.165, 1.54) is 29.2 Å². The summed E-state index contributed by atoms with van der Waals surface area (Å²) >= 11 is 12.5. The Morgan fingerprint density at radius 2 is 1.81 bits per heavy atom. The van der Waals surface area contributed by atoms with Crippen molar-refractivity contribution in [1.82, 2.24) is 10.2 Å². The minimum absolute atomic E-state index is 0.0389. The van der Waals surface area contributed by atoms with Gasteiger partial charge in [0.15, 0.2) is 0 Å². The van der Waals surface area contributed by atoms with E-state index in [1.54, 1.807) is 57.2 Å². The lowest BCUT2D eigenvalue weighted by Crippen LogP contribution is -2.54. The number of aromatic carboxylic acids is 1. The minimum Gasteiger partial charge on any atom is -0.478 e. The normalized spacial score (nSPS) is 16.9. The van der Waals surface area contributed by atoms with Gasteiger partial charge in [0.05, 0.1) is 16.6 Å². The Bertz CT molecular complexity index is 1510. The lowest BCUT2D eigenvalue weighted by Gasteiger charge is -2.46. The number of hydrogen-bond donors (Lipinski definition) is 4. The first kappa shape index (κ1) is 31.3. The van der Waals surface area contributed by atoms with Gasteiger partial charge in [-0.2, -0.15) is 0 Å². The summed E-state index contributed by atoms with van der Waals surface area (Å²) in [5.41, 5.74) is -0.637. The lowest BCUT2D eigenvalue weighted by atomic mass is 9.63. The number of rotatable bonds is 10. The summed E-state index contributed by atoms with van der Waals surface area (Å²) < 4.78 is 15.9. The summed E-state index contributed by atoms with van der Waals surface area (Å²) in [6.45, 7) is 5.15. The van der Waals surface area contributed by atoms with Gasteiger partial charge in [0.25, 0.3) is 0 Å². The molecule has 4 rings (SSSR count). The van der Waals surface area contributed by atoms with Crippen molar-refractivity contribution in [3.63, 3.8) is 0 Å². The molecule has 1 unspecified atom stereocenters. The van der Waals surface area contributed by atoms with Crippen molar-refractivity contribution in [2.24, 2.45) is 5.41 Å². The van der Waals surface area contributed by atoms with Crippen molar-refractivity contribution in [2.75, 3.05) is 18.5 Å². The van der Waals surface area contributed by atoms with Crippen LogP contribution in [0.4, 0.5) is 14.9 Å². The van der Waals surface area contributed by atoms with E-state index in [0.717, 1.165) is 0 Å². The van der Waals surface area contributed by atoms with Crippen molar-refractivity contribution in [3.8, 4) is 0 Å². The van der Waals surface area contributed by atoms with Crippen LogP contribution in [0.1, 0.15) is 60.3 Å². The molecule has 0 saturated heterocycles. The number of aliphatic hydroxyl groups excluding tert-OH is 1. The fourth-order valence-corrected chi connectivity index (χ4v) is 5.99. The predicted octanol–water partition coefficient (Wildman–Crippen LogP) is 6.40. The number of nitrogens with one attached hydrogen (secondary N) is 2. The summed E-state index contributed by atoms with van der Waals surface area (Å²) in [6.07, 6.45) is 0.0496. The number of carbonyl (C=O) groups excluding carboxylic acids is 2. The molecule has 0 aromatic heterocycles. The summed E-state index contributed by atoms with van der Waals surface area (Å²) in [5, 5.41) is 25.4. The number of aliphatic hydroxyl groups is 1. The molecule has 0 aliphatic carbocycles. The maximum absolute atomic E-state index is 15.9. The highest BCUT2D eigenvalue weighted by Gasteiger charge is 2.58. The third kappa shape index (κ3) is 5.95. The van der Waals surface area contributed by atoms with Crippen LogP contribution in [0.25, 0.3) is 0 Å². The predicted molar refractivity (Wildman–Crippen MR) is 159 cm³/mol. The molecule has 1 heterocycles. The molecule has 1 aliphatic heterocycles. The summed E-state index contributed by atoms with van der Waals surface area (Å²) in [7, 11) is 0. The van der Waals surface area contributed by atoms with Crippen LogP contribution in [0.2, 0.25) is 10.0 Å². The number of carbonyl (C=O) groups is 3. The molecule has 3 aromatic carbocycles. The molecule has 4 N–H and O–H groups in total. The topological polar surface area (TPSA) is 119 Å². The van der Waals surface area contributed by atoms with Gasteiger partial charge in [-0.15, -0.1) is 0 Å². The van der Waals surface area contributed by atoms with E-state index in [0.29, 0.717) is 21.8 Å². The molecular weight excluding hydrogens is 584 g/mol. The highest BCUT2D eigenvalue weighted by atomic mass is 35.5. The van der Waals surface area contributed by atoms with Gasteiger partial charge in [-0.25, -0.2) is 14.0 Å². The van der Waals surface area contributed by atoms with Gasteiger partial charge in [0.1, 0.15) is 11.2 Å². The summed E-state index contributed by atoms with van der Waals surface area (Å²) in [5.74, 6) is -2.31. The fraction of sp³-hybridized carbons (Fsp3) is 0.323. The first-order valence-electron chi connectivity index (χ1n) is 13.4. The third-order valence-corrected chi connectivity index (χ3v) is 8.13. The lowest BCUT2D eigenvalue weighted by molar-refractivity contribution is -0.125. The number of carboxylic acid groups (broad SMARTS) is 1. The second kappa shape index (κ2) is 12.3.